The Morgan fingerprint density at radius 1 is 1.31 bits per heavy atom. The predicted octanol–water partition coefficient (Wildman–Crippen LogP) is 2.82. The molecule has 0 saturated carbocycles. The Morgan fingerprint density at radius 2 is 2.12 bits per heavy atom. The van der Waals surface area contributed by atoms with Crippen LogP contribution in [0.3, 0.4) is 0 Å². The monoisotopic (exact) mass is 255 g/mol. The molecule has 2 N–H and O–H groups in total. The third-order valence-electron chi connectivity index (χ3n) is 2.29. The van der Waals surface area contributed by atoms with Crippen molar-refractivity contribution in [2.24, 2.45) is 5.73 Å². The number of benzene rings is 1. The molecule has 0 amide bonds. The normalized spacial score (nSPS) is 10.7. The van der Waals surface area contributed by atoms with E-state index in [0.29, 0.717) is 23.1 Å². The van der Waals surface area contributed by atoms with Crippen LogP contribution in [0.1, 0.15) is 0 Å². The molecule has 1 heterocycles. The summed E-state index contributed by atoms with van der Waals surface area (Å²) >= 11 is 12.1. The van der Waals surface area contributed by atoms with Gasteiger partial charge in [-0.25, -0.2) is 4.98 Å². The molecule has 0 atom stereocenters. The Balaban J connectivity index is 2.49. The molecule has 2 aromatic rings. The highest BCUT2D eigenvalue weighted by molar-refractivity contribution is 6.35. The number of aromatic nitrogens is 2. The van der Waals surface area contributed by atoms with Crippen LogP contribution in [0.4, 0.5) is 0 Å². The molecule has 3 nitrogen and oxygen atoms in total. The number of halogens is 2. The molecule has 2 rings (SSSR count). The van der Waals surface area contributed by atoms with E-state index in [-0.39, 0.29) is 0 Å². The van der Waals surface area contributed by atoms with Crippen molar-refractivity contribution in [2.45, 2.75) is 6.54 Å². The topological polar surface area (TPSA) is 43.8 Å². The van der Waals surface area contributed by atoms with Crippen LogP contribution in [0, 0.1) is 0 Å². The van der Waals surface area contributed by atoms with Crippen molar-refractivity contribution in [3.05, 3.63) is 40.8 Å². The van der Waals surface area contributed by atoms with Gasteiger partial charge in [-0.2, -0.15) is 0 Å². The zero-order valence-electron chi connectivity index (χ0n) is 8.53. The van der Waals surface area contributed by atoms with E-state index in [4.69, 9.17) is 28.9 Å². The van der Waals surface area contributed by atoms with Gasteiger partial charge in [0.25, 0.3) is 0 Å². The van der Waals surface area contributed by atoms with Gasteiger partial charge in [0, 0.05) is 23.7 Å². The largest absolute Gasteiger partial charge is 0.329 e. The summed E-state index contributed by atoms with van der Waals surface area (Å²) in [5.74, 6) is 0. The van der Waals surface area contributed by atoms with Gasteiger partial charge >= 0.3 is 0 Å². The molecule has 16 heavy (non-hydrogen) atoms. The van der Waals surface area contributed by atoms with Crippen molar-refractivity contribution in [2.75, 3.05) is 6.54 Å². The summed E-state index contributed by atoms with van der Waals surface area (Å²) in [6.45, 7) is 1.26. The van der Waals surface area contributed by atoms with Crippen LogP contribution in [0.25, 0.3) is 11.3 Å². The van der Waals surface area contributed by atoms with E-state index in [1.807, 2.05) is 10.6 Å². The second-order valence-electron chi connectivity index (χ2n) is 3.39. The summed E-state index contributed by atoms with van der Waals surface area (Å²) in [5.41, 5.74) is 7.33. The number of nitrogens with zero attached hydrogens (tertiary/aromatic N) is 2. The fourth-order valence-corrected chi connectivity index (χ4v) is 1.94. The third-order valence-corrected chi connectivity index (χ3v) is 2.85. The van der Waals surface area contributed by atoms with E-state index < -0.39 is 0 Å². The molecule has 1 aromatic carbocycles. The predicted molar refractivity (Wildman–Crippen MR) is 66.7 cm³/mol. The summed E-state index contributed by atoms with van der Waals surface area (Å²) in [4.78, 5) is 4.09. The van der Waals surface area contributed by atoms with Crippen LogP contribution < -0.4 is 5.73 Å². The second kappa shape index (κ2) is 4.87. The molecule has 0 radical (unpaired) electrons. The minimum absolute atomic E-state index is 0.557. The van der Waals surface area contributed by atoms with Crippen molar-refractivity contribution in [3.63, 3.8) is 0 Å². The molecule has 0 unspecified atom stereocenters. The van der Waals surface area contributed by atoms with E-state index in [0.717, 1.165) is 11.3 Å². The van der Waals surface area contributed by atoms with Gasteiger partial charge in [-0.1, -0.05) is 23.2 Å². The van der Waals surface area contributed by atoms with Gasteiger partial charge in [0.05, 0.1) is 23.2 Å². The maximum Gasteiger partial charge on any atom is 0.0951 e. The summed E-state index contributed by atoms with van der Waals surface area (Å²) < 4.78 is 1.96. The first-order valence-electron chi connectivity index (χ1n) is 4.88. The fraction of sp³-hybridized carbons (Fsp3) is 0.182. The molecule has 0 aliphatic rings. The quantitative estimate of drug-likeness (QED) is 0.917. The van der Waals surface area contributed by atoms with E-state index >= 15 is 0 Å². The van der Waals surface area contributed by atoms with Gasteiger partial charge in [0.1, 0.15) is 0 Å². The Morgan fingerprint density at radius 3 is 2.88 bits per heavy atom. The zero-order valence-corrected chi connectivity index (χ0v) is 10.0. The van der Waals surface area contributed by atoms with Gasteiger partial charge in [-0.3, -0.25) is 0 Å². The first-order chi connectivity index (χ1) is 7.72. The smallest absolute Gasteiger partial charge is 0.0951 e. The first kappa shape index (κ1) is 11.5. The van der Waals surface area contributed by atoms with Crippen molar-refractivity contribution in [1.82, 2.24) is 9.55 Å². The maximum atomic E-state index is 6.13. The lowest BCUT2D eigenvalue weighted by Gasteiger charge is -2.08. The Bertz CT molecular complexity index is 494. The number of hydrogen-bond acceptors (Lipinski definition) is 2. The van der Waals surface area contributed by atoms with Crippen molar-refractivity contribution in [1.29, 1.82) is 0 Å². The summed E-state index contributed by atoms with van der Waals surface area (Å²) in [6, 6.07) is 5.37. The van der Waals surface area contributed by atoms with Crippen molar-refractivity contribution >= 4 is 23.2 Å². The Hall–Kier alpha value is -1.03. The van der Waals surface area contributed by atoms with Gasteiger partial charge in [0.2, 0.25) is 0 Å². The first-order valence-corrected chi connectivity index (χ1v) is 5.63. The SMILES string of the molecule is NCCn1cncc1-c1cc(Cl)ccc1Cl. The zero-order chi connectivity index (χ0) is 11.5. The minimum atomic E-state index is 0.557. The highest BCUT2D eigenvalue weighted by Gasteiger charge is 2.09. The molecule has 0 fully saturated rings. The molecule has 0 spiro atoms. The summed E-state index contributed by atoms with van der Waals surface area (Å²) in [5, 5.41) is 1.31. The maximum absolute atomic E-state index is 6.13. The van der Waals surface area contributed by atoms with E-state index in [2.05, 4.69) is 4.98 Å². The van der Waals surface area contributed by atoms with Crippen LogP contribution in [0.5, 0.6) is 0 Å². The Labute approximate surface area is 104 Å². The Kier molecular flexibility index (Phi) is 3.49. The van der Waals surface area contributed by atoms with E-state index in [1.165, 1.54) is 0 Å². The molecular formula is C11H11Cl2N3. The van der Waals surface area contributed by atoms with E-state index in [9.17, 15) is 0 Å². The number of nitrogens with two attached hydrogens (primary N) is 1. The lowest BCUT2D eigenvalue weighted by molar-refractivity contribution is 0.714. The molecular weight excluding hydrogens is 245 g/mol. The van der Waals surface area contributed by atoms with E-state index in [1.54, 1.807) is 24.7 Å². The van der Waals surface area contributed by atoms with Crippen LogP contribution in [-0.4, -0.2) is 16.1 Å². The molecule has 0 bridgehead atoms. The van der Waals surface area contributed by atoms with Crippen LogP contribution >= 0.6 is 23.2 Å². The minimum Gasteiger partial charge on any atom is -0.329 e. The average Bonchev–Trinajstić information content (AvgIpc) is 2.70. The number of imidazole rings is 1. The number of rotatable bonds is 3. The molecule has 84 valence electrons. The summed E-state index contributed by atoms with van der Waals surface area (Å²) in [7, 11) is 0. The van der Waals surface area contributed by atoms with Crippen LogP contribution in [0.2, 0.25) is 10.0 Å². The standard InChI is InChI=1S/C11H11Cl2N3/c12-8-1-2-10(13)9(5-8)11-6-15-7-16(11)4-3-14/h1-2,5-7H,3-4,14H2. The average molecular weight is 256 g/mol. The third kappa shape index (κ3) is 2.21. The van der Waals surface area contributed by atoms with Crippen molar-refractivity contribution in [3.8, 4) is 11.3 Å². The second-order valence-corrected chi connectivity index (χ2v) is 4.23. The lowest BCUT2D eigenvalue weighted by Crippen LogP contribution is -2.09. The number of hydrogen-bond donors (Lipinski definition) is 1. The summed E-state index contributed by atoms with van der Waals surface area (Å²) in [6.07, 6.45) is 3.49. The molecule has 0 aliphatic heterocycles. The van der Waals surface area contributed by atoms with Gasteiger partial charge in [0.15, 0.2) is 0 Å². The lowest BCUT2D eigenvalue weighted by atomic mass is 10.1. The van der Waals surface area contributed by atoms with Gasteiger partial charge in [-0.15, -0.1) is 0 Å². The molecule has 1 aromatic heterocycles. The highest BCUT2D eigenvalue weighted by atomic mass is 35.5. The van der Waals surface area contributed by atoms with Crippen LogP contribution in [0.15, 0.2) is 30.7 Å². The molecule has 0 saturated heterocycles. The van der Waals surface area contributed by atoms with Gasteiger partial charge < -0.3 is 10.3 Å². The van der Waals surface area contributed by atoms with Gasteiger partial charge in [-0.05, 0) is 18.2 Å². The van der Waals surface area contributed by atoms with Crippen molar-refractivity contribution < 1.29 is 0 Å². The molecule has 0 aliphatic carbocycles. The molecule has 5 heteroatoms. The fourth-order valence-electron chi connectivity index (χ4n) is 1.56. The highest BCUT2D eigenvalue weighted by Crippen LogP contribution is 2.30. The van der Waals surface area contributed by atoms with Crippen LogP contribution in [-0.2, 0) is 6.54 Å².